The topological polar surface area (TPSA) is 32.3 Å². The van der Waals surface area contributed by atoms with Crippen LogP contribution in [-0.4, -0.2) is 30.4 Å². The molecule has 0 aromatic heterocycles. The molecule has 0 bridgehead atoms. The van der Waals surface area contributed by atoms with Crippen molar-refractivity contribution in [2.75, 3.05) is 18.9 Å². The molecule has 1 aliphatic rings. The first-order valence-corrected chi connectivity index (χ1v) is 6.71. The molecule has 1 amide bonds. The lowest BCUT2D eigenvalue weighted by Gasteiger charge is -2.25. The van der Waals surface area contributed by atoms with Gasteiger partial charge in [0, 0.05) is 25.3 Å². The molecule has 1 aliphatic carbocycles. The molecule has 0 saturated heterocycles. The Morgan fingerprint density at radius 2 is 2.06 bits per heavy atom. The average Bonchev–Trinajstić information content (AvgIpc) is 3.19. The van der Waals surface area contributed by atoms with E-state index in [0.29, 0.717) is 12.0 Å². The highest BCUT2D eigenvalue weighted by atomic mass is 16.2. The number of carbonyl (C=O) groups excluding carboxylic acids is 1. The summed E-state index contributed by atoms with van der Waals surface area (Å²) in [5.74, 6) is 0.674. The molecule has 0 spiro atoms. The zero-order valence-electron chi connectivity index (χ0n) is 11.4. The van der Waals surface area contributed by atoms with Crippen molar-refractivity contribution >= 4 is 11.6 Å². The van der Waals surface area contributed by atoms with Crippen molar-refractivity contribution in [1.82, 2.24) is 4.90 Å². The molecule has 1 aromatic carbocycles. The predicted molar refractivity (Wildman–Crippen MR) is 74.9 cm³/mol. The summed E-state index contributed by atoms with van der Waals surface area (Å²) < 4.78 is 0. The third-order valence-corrected chi connectivity index (χ3v) is 3.24. The molecule has 1 saturated carbocycles. The Hall–Kier alpha value is -1.51. The van der Waals surface area contributed by atoms with Crippen LogP contribution in [0.2, 0.25) is 0 Å². The molecule has 1 N–H and O–H groups in total. The van der Waals surface area contributed by atoms with Crippen molar-refractivity contribution in [1.29, 1.82) is 0 Å². The quantitative estimate of drug-likeness (QED) is 0.866. The number of para-hydroxylation sites is 1. The first-order chi connectivity index (χ1) is 8.63. The second-order valence-corrected chi connectivity index (χ2v) is 5.38. The Labute approximate surface area is 109 Å². The Morgan fingerprint density at radius 3 is 2.61 bits per heavy atom. The summed E-state index contributed by atoms with van der Waals surface area (Å²) in [6.45, 7) is 5.17. The summed E-state index contributed by atoms with van der Waals surface area (Å²) in [5.41, 5.74) is 1.70. The number of hydrogen-bond acceptors (Lipinski definition) is 2. The van der Waals surface area contributed by atoms with E-state index in [4.69, 9.17) is 0 Å². The predicted octanol–water partition coefficient (Wildman–Crippen LogP) is 2.99. The van der Waals surface area contributed by atoms with E-state index in [9.17, 15) is 4.79 Å². The van der Waals surface area contributed by atoms with E-state index >= 15 is 0 Å². The molecule has 3 nitrogen and oxygen atoms in total. The van der Waals surface area contributed by atoms with E-state index < -0.39 is 0 Å². The maximum Gasteiger partial charge on any atom is 0.256 e. The maximum atomic E-state index is 12.6. The van der Waals surface area contributed by atoms with Gasteiger partial charge in [0.2, 0.25) is 0 Å². The summed E-state index contributed by atoms with van der Waals surface area (Å²) in [7, 11) is 1.86. The summed E-state index contributed by atoms with van der Waals surface area (Å²) >= 11 is 0. The Bertz CT molecular complexity index is 424. The summed E-state index contributed by atoms with van der Waals surface area (Å²) in [5, 5.41) is 3.10. The van der Waals surface area contributed by atoms with Gasteiger partial charge in [0.15, 0.2) is 0 Å². The van der Waals surface area contributed by atoms with Crippen LogP contribution in [0.15, 0.2) is 24.3 Å². The minimum Gasteiger partial charge on any atom is -0.387 e. The lowest BCUT2D eigenvalue weighted by atomic mass is 10.1. The van der Waals surface area contributed by atoms with Crippen LogP contribution in [0.25, 0.3) is 0 Å². The van der Waals surface area contributed by atoms with Gasteiger partial charge in [0.05, 0.1) is 5.56 Å². The molecular formula is C15H22N2O. The van der Waals surface area contributed by atoms with Crippen molar-refractivity contribution in [3.8, 4) is 0 Å². The molecular weight excluding hydrogens is 224 g/mol. The molecule has 0 radical (unpaired) electrons. The maximum absolute atomic E-state index is 12.6. The normalized spacial score (nSPS) is 14.7. The van der Waals surface area contributed by atoms with Gasteiger partial charge in [0.1, 0.15) is 0 Å². The van der Waals surface area contributed by atoms with Crippen molar-refractivity contribution in [2.24, 2.45) is 5.92 Å². The second kappa shape index (κ2) is 5.42. The zero-order chi connectivity index (χ0) is 13.1. The van der Waals surface area contributed by atoms with E-state index in [1.54, 1.807) is 0 Å². The highest BCUT2D eigenvalue weighted by molar-refractivity contribution is 5.99. The van der Waals surface area contributed by atoms with Crippen LogP contribution in [-0.2, 0) is 0 Å². The molecule has 2 rings (SSSR count). The van der Waals surface area contributed by atoms with Crippen LogP contribution >= 0.6 is 0 Å². The van der Waals surface area contributed by atoms with Crippen LogP contribution < -0.4 is 5.32 Å². The van der Waals surface area contributed by atoms with Crippen molar-refractivity contribution < 1.29 is 4.79 Å². The first kappa shape index (κ1) is 12.9. The van der Waals surface area contributed by atoms with Crippen LogP contribution in [0.4, 0.5) is 5.69 Å². The number of nitrogens with zero attached hydrogens (tertiary/aromatic N) is 1. The number of hydrogen-bond donors (Lipinski definition) is 1. The number of benzene rings is 1. The fourth-order valence-electron chi connectivity index (χ4n) is 2.22. The van der Waals surface area contributed by atoms with Crippen molar-refractivity contribution in [3.05, 3.63) is 29.8 Å². The Morgan fingerprint density at radius 1 is 1.39 bits per heavy atom. The minimum atomic E-state index is 0.163. The molecule has 1 fully saturated rings. The van der Waals surface area contributed by atoms with E-state index in [2.05, 4.69) is 19.2 Å². The molecule has 0 heterocycles. The monoisotopic (exact) mass is 246 g/mol. The van der Waals surface area contributed by atoms with Gasteiger partial charge in [-0.2, -0.15) is 0 Å². The van der Waals surface area contributed by atoms with Gasteiger partial charge in [-0.25, -0.2) is 0 Å². The van der Waals surface area contributed by atoms with Gasteiger partial charge in [-0.1, -0.05) is 26.0 Å². The SMILES string of the molecule is CNc1ccccc1C(=O)N(CC(C)C)C1CC1. The van der Waals surface area contributed by atoms with E-state index in [0.717, 1.165) is 30.6 Å². The number of carbonyl (C=O) groups is 1. The van der Waals surface area contributed by atoms with Gasteiger partial charge < -0.3 is 10.2 Å². The van der Waals surface area contributed by atoms with Crippen LogP contribution in [0.3, 0.4) is 0 Å². The van der Waals surface area contributed by atoms with Gasteiger partial charge in [-0.3, -0.25) is 4.79 Å². The van der Waals surface area contributed by atoms with Crippen LogP contribution in [0.1, 0.15) is 37.0 Å². The fraction of sp³-hybridized carbons (Fsp3) is 0.533. The number of nitrogens with one attached hydrogen (secondary N) is 1. The number of amides is 1. The van der Waals surface area contributed by atoms with Gasteiger partial charge in [-0.15, -0.1) is 0 Å². The van der Waals surface area contributed by atoms with Gasteiger partial charge in [0.25, 0.3) is 5.91 Å². The second-order valence-electron chi connectivity index (χ2n) is 5.38. The first-order valence-electron chi connectivity index (χ1n) is 6.71. The molecule has 98 valence electrons. The lowest BCUT2D eigenvalue weighted by molar-refractivity contribution is 0.0723. The Balaban J connectivity index is 2.21. The summed E-state index contributed by atoms with van der Waals surface area (Å²) in [6.07, 6.45) is 2.31. The van der Waals surface area contributed by atoms with E-state index in [1.165, 1.54) is 0 Å². The summed E-state index contributed by atoms with van der Waals surface area (Å²) in [6, 6.07) is 8.20. The average molecular weight is 246 g/mol. The van der Waals surface area contributed by atoms with Gasteiger partial charge >= 0.3 is 0 Å². The summed E-state index contributed by atoms with van der Waals surface area (Å²) in [4.78, 5) is 14.7. The minimum absolute atomic E-state index is 0.163. The third-order valence-electron chi connectivity index (χ3n) is 3.24. The highest BCUT2D eigenvalue weighted by Gasteiger charge is 2.33. The zero-order valence-corrected chi connectivity index (χ0v) is 11.4. The molecule has 0 atom stereocenters. The Kier molecular flexibility index (Phi) is 3.90. The van der Waals surface area contributed by atoms with E-state index in [-0.39, 0.29) is 5.91 Å². The lowest BCUT2D eigenvalue weighted by Crippen LogP contribution is -2.36. The van der Waals surface area contributed by atoms with Crippen molar-refractivity contribution in [3.63, 3.8) is 0 Å². The molecule has 1 aromatic rings. The number of rotatable bonds is 5. The molecule has 0 aliphatic heterocycles. The molecule has 0 unspecified atom stereocenters. The van der Waals surface area contributed by atoms with Crippen molar-refractivity contribution in [2.45, 2.75) is 32.7 Å². The van der Waals surface area contributed by atoms with Crippen LogP contribution in [0, 0.1) is 5.92 Å². The van der Waals surface area contributed by atoms with Gasteiger partial charge in [-0.05, 0) is 30.9 Å². The fourth-order valence-corrected chi connectivity index (χ4v) is 2.22. The highest BCUT2D eigenvalue weighted by Crippen LogP contribution is 2.30. The standard InChI is InChI=1S/C15H22N2O/c1-11(2)10-17(12-8-9-12)15(18)13-6-4-5-7-14(13)16-3/h4-7,11-12,16H,8-10H2,1-3H3. The molecule has 3 heteroatoms. The molecule has 18 heavy (non-hydrogen) atoms. The third kappa shape index (κ3) is 2.84. The van der Waals surface area contributed by atoms with Crippen LogP contribution in [0.5, 0.6) is 0 Å². The number of anilines is 1. The van der Waals surface area contributed by atoms with E-state index in [1.807, 2.05) is 36.2 Å². The largest absolute Gasteiger partial charge is 0.387 e. The smallest absolute Gasteiger partial charge is 0.256 e.